The molecule has 19 heavy (non-hydrogen) atoms. The molecule has 0 radical (unpaired) electrons. The molecule has 2 aromatic carbocycles. The lowest BCUT2D eigenvalue weighted by atomic mass is 10.1. The summed E-state index contributed by atoms with van der Waals surface area (Å²) in [6.45, 7) is 4.47. The molecule has 1 amide bonds. The van der Waals surface area contributed by atoms with Gasteiger partial charge in [0.1, 0.15) is 5.75 Å². The average Bonchev–Trinajstić information content (AvgIpc) is 2.42. The van der Waals surface area contributed by atoms with E-state index in [1.165, 1.54) is 0 Å². The van der Waals surface area contributed by atoms with Crippen LogP contribution in [0.3, 0.4) is 0 Å². The predicted octanol–water partition coefficient (Wildman–Crippen LogP) is 3.65. The van der Waals surface area contributed by atoms with Crippen molar-refractivity contribution in [2.45, 2.75) is 13.8 Å². The van der Waals surface area contributed by atoms with Gasteiger partial charge in [0, 0.05) is 5.56 Å². The first-order valence-electron chi connectivity index (χ1n) is 6.30. The van der Waals surface area contributed by atoms with Gasteiger partial charge in [-0.1, -0.05) is 29.8 Å². The van der Waals surface area contributed by atoms with E-state index in [0.717, 1.165) is 5.56 Å². The van der Waals surface area contributed by atoms with E-state index >= 15 is 0 Å². The number of benzene rings is 2. The SMILES string of the molecule is CCOc1ccccc1NC(=O)c1ccc(C)cc1. The van der Waals surface area contributed by atoms with Crippen LogP contribution in [0.2, 0.25) is 0 Å². The summed E-state index contributed by atoms with van der Waals surface area (Å²) in [5, 5.41) is 2.87. The van der Waals surface area contributed by atoms with E-state index in [9.17, 15) is 4.79 Å². The number of carbonyl (C=O) groups excluding carboxylic acids is 1. The van der Waals surface area contributed by atoms with E-state index in [0.29, 0.717) is 23.6 Å². The number of nitrogens with one attached hydrogen (secondary N) is 1. The van der Waals surface area contributed by atoms with E-state index in [1.54, 1.807) is 0 Å². The normalized spacial score (nSPS) is 10.0. The third kappa shape index (κ3) is 3.35. The van der Waals surface area contributed by atoms with Gasteiger partial charge in [-0.15, -0.1) is 0 Å². The van der Waals surface area contributed by atoms with Gasteiger partial charge in [0.25, 0.3) is 5.91 Å². The molecule has 0 spiro atoms. The van der Waals surface area contributed by atoms with E-state index in [4.69, 9.17) is 4.74 Å². The first-order chi connectivity index (χ1) is 9.20. The van der Waals surface area contributed by atoms with Gasteiger partial charge in [-0.2, -0.15) is 0 Å². The molecule has 0 fully saturated rings. The van der Waals surface area contributed by atoms with Gasteiger partial charge in [0.05, 0.1) is 12.3 Å². The minimum Gasteiger partial charge on any atom is -0.492 e. The Bertz CT molecular complexity index is 561. The van der Waals surface area contributed by atoms with Gasteiger partial charge in [0.2, 0.25) is 0 Å². The Labute approximate surface area is 113 Å². The molecule has 2 rings (SSSR count). The largest absolute Gasteiger partial charge is 0.492 e. The molecule has 0 atom stereocenters. The minimum absolute atomic E-state index is 0.132. The van der Waals surface area contributed by atoms with Gasteiger partial charge in [-0.25, -0.2) is 0 Å². The molecule has 0 aromatic heterocycles. The first kappa shape index (κ1) is 13.1. The van der Waals surface area contributed by atoms with Crippen LogP contribution in [0.15, 0.2) is 48.5 Å². The van der Waals surface area contributed by atoms with Crippen molar-refractivity contribution in [1.29, 1.82) is 0 Å². The maximum Gasteiger partial charge on any atom is 0.255 e. The van der Waals surface area contributed by atoms with Gasteiger partial charge >= 0.3 is 0 Å². The summed E-state index contributed by atoms with van der Waals surface area (Å²) in [6.07, 6.45) is 0. The molecule has 0 unspecified atom stereocenters. The fourth-order valence-electron chi connectivity index (χ4n) is 1.75. The summed E-state index contributed by atoms with van der Waals surface area (Å²) in [5.74, 6) is 0.553. The maximum absolute atomic E-state index is 12.1. The summed E-state index contributed by atoms with van der Waals surface area (Å²) in [7, 11) is 0. The molecule has 0 aliphatic rings. The minimum atomic E-state index is -0.132. The van der Waals surface area contributed by atoms with Crippen LogP contribution in [0.1, 0.15) is 22.8 Å². The lowest BCUT2D eigenvalue weighted by Gasteiger charge is -2.11. The van der Waals surface area contributed by atoms with Crippen LogP contribution in [0, 0.1) is 6.92 Å². The Balaban J connectivity index is 2.16. The number of rotatable bonds is 4. The lowest BCUT2D eigenvalue weighted by Crippen LogP contribution is -2.12. The Morgan fingerprint density at radius 3 is 2.47 bits per heavy atom. The highest BCUT2D eigenvalue weighted by molar-refractivity contribution is 6.05. The topological polar surface area (TPSA) is 38.3 Å². The van der Waals surface area contributed by atoms with Crippen molar-refractivity contribution >= 4 is 11.6 Å². The highest BCUT2D eigenvalue weighted by Crippen LogP contribution is 2.24. The van der Waals surface area contributed by atoms with Crippen molar-refractivity contribution in [3.8, 4) is 5.75 Å². The highest BCUT2D eigenvalue weighted by atomic mass is 16.5. The fourth-order valence-corrected chi connectivity index (χ4v) is 1.75. The van der Waals surface area contributed by atoms with Crippen molar-refractivity contribution in [3.05, 3.63) is 59.7 Å². The molecule has 1 N–H and O–H groups in total. The molecule has 98 valence electrons. The van der Waals surface area contributed by atoms with Crippen LogP contribution in [0.5, 0.6) is 5.75 Å². The Hall–Kier alpha value is -2.29. The Morgan fingerprint density at radius 1 is 1.11 bits per heavy atom. The zero-order valence-electron chi connectivity index (χ0n) is 11.1. The summed E-state index contributed by atoms with van der Waals surface area (Å²) in [5.41, 5.74) is 2.46. The third-order valence-corrected chi connectivity index (χ3v) is 2.75. The molecular weight excluding hydrogens is 238 g/mol. The summed E-state index contributed by atoms with van der Waals surface area (Å²) in [4.78, 5) is 12.1. The smallest absolute Gasteiger partial charge is 0.255 e. The first-order valence-corrected chi connectivity index (χ1v) is 6.30. The summed E-state index contributed by atoms with van der Waals surface area (Å²) < 4.78 is 5.48. The van der Waals surface area contributed by atoms with Crippen LogP contribution >= 0.6 is 0 Å². The molecule has 0 saturated heterocycles. The third-order valence-electron chi connectivity index (χ3n) is 2.75. The second kappa shape index (κ2) is 6.05. The molecule has 3 nitrogen and oxygen atoms in total. The number of hydrogen-bond acceptors (Lipinski definition) is 2. The number of para-hydroxylation sites is 2. The quantitative estimate of drug-likeness (QED) is 0.905. The van der Waals surface area contributed by atoms with Gasteiger partial charge in [0.15, 0.2) is 0 Å². The lowest BCUT2D eigenvalue weighted by molar-refractivity contribution is 0.102. The standard InChI is InChI=1S/C16H17NO2/c1-3-19-15-7-5-4-6-14(15)17-16(18)13-10-8-12(2)9-11-13/h4-11H,3H2,1-2H3,(H,17,18). The molecule has 0 aliphatic carbocycles. The van der Waals surface area contributed by atoms with Crippen molar-refractivity contribution in [3.63, 3.8) is 0 Å². The zero-order valence-corrected chi connectivity index (χ0v) is 11.1. The molecular formula is C16H17NO2. The van der Waals surface area contributed by atoms with E-state index in [1.807, 2.05) is 62.4 Å². The fraction of sp³-hybridized carbons (Fsp3) is 0.188. The molecule has 3 heteroatoms. The van der Waals surface area contributed by atoms with Crippen molar-refractivity contribution < 1.29 is 9.53 Å². The Kier molecular flexibility index (Phi) is 4.18. The van der Waals surface area contributed by atoms with Crippen LogP contribution in [0.4, 0.5) is 5.69 Å². The number of amides is 1. The van der Waals surface area contributed by atoms with E-state index < -0.39 is 0 Å². The van der Waals surface area contributed by atoms with Crippen molar-refractivity contribution in [1.82, 2.24) is 0 Å². The number of hydrogen-bond donors (Lipinski definition) is 1. The monoisotopic (exact) mass is 255 g/mol. The number of aryl methyl sites for hydroxylation is 1. The predicted molar refractivity (Wildman–Crippen MR) is 76.7 cm³/mol. The molecule has 2 aromatic rings. The number of carbonyl (C=O) groups is 1. The van der Waals surface area contributed by atoms with Crippen molar-refractivity contribution in [2.24, 2.45) is 0 Å². The van der Waals surface area contributed by atoms with Crippen LogP contribution in [-0.4, -0.2) is 12.5 Å². The van der Waals surface area contributed by atoms with E-state index in [2.05, 4.69) is 5.32 Å². The second-order valence-electron chi connectivity index (χ2n) is 4.25. The van der Waals surface area contributed by atoms with Crippen LogP contribution in [0.25, 0.3) is 0 Å². The second-order valence-corrected chi connectivity index (χ2v) is 4.25. The number of anilines is 1. The summed E-state index contributed by atoms with van der Waals surface area (Å²) >= 11 is 0. The van der Waals surface area contributed by atoms with E-state index in [-0.39, 0.29) is 5.91 Å². The van der Waals surface area contributed by atoms with Crippen LogP contribution < -0.4 is 10.1 Å². The molecule has 0 heterocycles. The van der Waals surface area contributed by atoms with Gasteiger partial charge in [-0.3, -0.25) is 4.79 Å². The highest BCUT2D eigenvalue weighted by Gasteiger charge is 2.09. The molecule has 0 aliphatic heterocycles. The van der Waals surface area contributed by atoms with Crippen molar-refractivity contribution in [2.75, 3.05) is 11.9 Å². The zero-order chi connectivity index (χ0) is 13.7. The van der Waals surface area contributed by atoms with Gasteiger partial charge in [-0.05, 0) is 38.1 Å². The van der Waals surface area contributed by atoms with Crippen LogP contribution in [-0.2, 0) is 0 Å². The Morgan fingerprint density at radius 2 is 1.79 bits per heavy atom. The summed E-state index contributed by atoms with van der Waals surface area (Å²) in [6, 6.07) is 14.9. The molecule has 0 saturated carbocycles. The van der Waals surface area contributed by atoms with Gasteiger partial charge < -0.3 is 10.1 Å². The maximum atomic E-state index is 12.1. The average molecular weight is 255 g/mol. The molecule has 0 bridgehead atoms. The number of ether oxygens (including phenoxy) is 1.